The van der Waals surface area contributed by atoms with Crippen LogP contribution in [-0.4, -0.2) is 32.2 Å². The van der Waals surface area contributed by atoms with Gasteiger partial charge in [-0.05, 0) is 29.7 Å². The Morgan fingerprint density at radius 2 is 2.00 bits per heavy atom. The van der Waals surface area contributed by atoms with E-state index >= 15 is 0 Å². The highest BCUT2D eigenvalue weighted by atomic mass is 16.7. The molecule has 4 heteroatoms. The van der Waals surface area contributed by atoms with E-state index < -0.39 is 0 Å². The second kappa shape index (κ2) is 4.79. The number of allylic oxidation sites excluding steroid dienone is 1. The summed E-state index contributed by atoms with van der Waals surface area (Å²) >= 11 is 0. The van der Waals surface area contributed by atoms with Crippen LogP contribution in [0, 0.1) is 0 Å². The number of benzene rings is 1. The minimum absolute atomic E-state index is 0.338. The standard InChI is InChI=1S/C16H19NO3/c1-2-14-15(18-8-7-17-14)11-13(1)12-3-5-16(6-4-12)19-9-10-20-16/h1-3,11,17H,4-10H2. The SMILES string of the molecule is C1=C(c2ccc3c(c2)OCCN3)CCC2(C1)OCCO2. The van der Waals surface area contributed by atoms with Crippen molar-refractivity contribution >= 4 is 11.3 Å². The zero-order chi connectivity index (χ0) is 13.4. The highest BCUT2D eigenvalue weighted by molar-refractivity contribution is 5.72. The second-order valence-electron chi connectivity index (χ2n) is 5.53. The maximum Gasteiger partial charge on any atom is 0.172 e. The van der Waals surface area contributed by atoms with Gasteiger partial charge < -0.3 is 19.5 Å². The summed E-state index contributed by atoms with van der Waals surface area (Å²) in [5.41, 5.74) is 3.71. The molecule has 1 spiro atoms. The molecule has 4 nitrogen and oxygen atoms in total. The van der Waals surface area contributed by atoms with Crippen molar-refractivity contribution in [3.63, 3.8) is 0 Å². The van der Waals surface area contributed by atoms with Crippen LogP contribution in [-0.2, 0) is 9.47 Å². The van der Waals surface area contributed by atoms with Gasteiger partial charge in [-0.25, -0.2) is 0 Å². The van der Waals surface area contributed by atoms with Gasteiger partial charge in [0.15, 0.2) is 5.79 Å². The van der Waals surface area contributed by atoms with Gasteiger partial charge in [-0.1, -0.05) is 12.1 Å². The van der Waals surface area contributed by atoms with E-state index in [1.54, 1.807) is 0 Å². The van der Waals surface area contributed by atoms with Crippen molar-refractivity contribution in [2.75, 3.05) is 31.7 Å². The lowest BCUT2D eigenvalue weighted by Crippen LogP contribution is -2.31. The molecule has 4 rings (SSSR count). The highest BCUT2D eigenvalue weighted by Gasteiger charge is 2.37. The van der Waals surface area contributed by atoms with Crippen molar-refractivity contribution < 1.29 is 14.2 Å². The third-order valence-electron chi connectivity index (χ3n) is 4.28. The second-order valence-corrected chi connectivity index (χ2v) is 5.53. The van der Waals surface area contributed by atoms with Crippen molar-refractivity contribution in [2.24, 2.45) is 0 Å². The summed E-state index contributed by atoms with van der Waals surface area (Å²) in [6, 6.07) is 6.42. The predicted molar refractivity (Wildman–Crippen MR) is 76.9 cm³/mol. The van der Waals surface area contributed by atoms with Crippen LogP contribution in [0.15, 0.2) is 24.3 Å². The van der Waals surface area contributed by atoms with Crippen LogP contribution in [0.3, 0.4) is 0 Å². The van der Waals surface area contributed by atoms with Crippen molar-refractivity contribution in [1.82, 2.24) is 0 Å². The number of nitrogens with one attached hydrogen (secondary N) is 1. The summed E-state index contributed by atoms with van der Waals surface area (Å²) in [5.74, 6) is 0.624. The van der Waals surface area contributed by atoms with Crippen LogP contribution < -0.4 is 10.1 Å². The highest BCUT2D eigenvalue weighted by Crippen LogP contribution is 2.39. The maximum absolute atomic E-state index is 5.75. The lowest BCUT2D eigenvalue weighted by molar-refractivity contribution is -0.159. The number of hydrogen-bond donors (Lipinski definition) is 1. The minimum Gasteiger partial charge on any atom is -0.490 e. The average molecular weight is 273 g/mol. The van der Waals surface area contributed by atoms with Crippen molar-refractivity contribution in [2.45, 2.75) is 25.0 Å². The molecule has 1 aromatic carbocycles. The number of hydrogen-bond acceptors (Lipinski definition) is 4. The molecular weight excluding hydrogens is 254 g/mol. The van der Waals surface area contributed by atoms with E-state index in [1.165, 1.54) is 11.1 Å². The Bertz CT molecular complexity index is 547. The topological polar surface area (TPSA) is 39.7 Å². The summed E-state index contributed by atoms with van der Waals surface area (Å²) in [4.78, 5) is 0. The Balaban J connectivity index is 1.57. The molecule has 1 aliphatic carbocycles. The van der Waals surface area contributed by atoms with E-state index in [4.69, 9.17) is 14.2 Å². The molecule has 1 fully saturated rings. The van der Waals surface area contributed by atoms with Crippen molar-refractivity contribution in [3.05, 3.63) is 29.8 Å². The molecule has 1 saturated heterocycles. The van der Waals surface area contributed by atoms with Gasteiger partial charge >= 0.3 is 0 Å². The van der Waals surface area contributed by atoms with Gasteiger partial charge in [-0.2, -0.15) is 0 Å². The van der Waals surface area contributed by atoms with Crippen LogP contribution in [0.25, 0.3) is 5.57 Å². The van der Waals surface area contributed by atoms with Crippen LogP contribution in [0.4, 0.5) is 5.69 Å². The van der Waals surface area contributed by atoms with E-state index in [9.17, 15) is 0 Å². The molecule has 1 N–H and O–H groups in total. The maximum atomic E-state index is 5.75. The molecule has 1 aromatic rings. The molecule has 20 heavy (non-hydrogen) atoms. The zero-order valence-corrected chi connectivity index (χ0v) is 11.5. The quantitative estimate of drug-likeness (QED) is 0.854. The first-order valence-corrected chi connectivity index (χ1v) is 7.33. The fourth-order valence-electron chi connectivity index (χ4n) is 3.16. The Morgan fingerprint density at radius 1 is 1.10 bits per heavy atom. The minimum atomic E-state index is -0.338. The molecule has 0 atom stereocenters. The van der Waals surface area contributed by atoms with Gasteiger partial charge in [-0.3, -0.25) is 0 Å². The Kier molecular flexibility index (Phi) is 2.93. The van der Waals surface area contributed by atoms with Crippen molar-refractivity contribution in [3.8, 4) is 5.75 Å². The molecule has 0 amide bonds. The fraction of sp³-hybridized carbons (Fsp3) is 0.500. The first kappa shape index (κ1) is 12.2. The number of rotatable bonds is 1. The van der Waals surface area contributed by atoms with E-state index in [0.717, 1.165) is 57.1 Å². The lowest BCUT2D eigenvalue weighted by atomic mass is 9.89. The van der Waals surface area contributed by atoms with Gasteiger partial charge in [-0.15, -0.1) is 0 Å². The molecule has 2 aliphatic heterocycles. The first-order chi connectivity index (χ1) is 9.85. The zero-order valence-electron chi connectivity index (χ0n) is 11.5. The van der Waals surface area contributed by atoms with Gasteiger partial charge in [0.1, 0.15) is 12.4 Å². The van der Waals surface area contributed by atoms with Crippen LogP contribution >= 0.6 is 0 Å². The van der Waals surface area contributed by atoms with Crippen LogP contribution in [0.5, 0.6) is 5.75 Å². The van der Waals surface area contributed by atoms with Crippen molar-refractivity contribution in [1.29, 1.82) is 0 Å². The van der Waals surface area contributed by atoms with E-state index in [-0.39, 0.29) is 5.79 Å². The Labute approximate surface area is 118 Å². The predicted octanol–water partition coefficient (Wildman–Crippen LogP) is 2.80. The van der Waals surface area contributed by atoms with E-state index in [1.807, 2.05) is 0 Å². The fourth-order valence-corrected chi connectivity index (χ4v) is 3.16. The largest absolute Gasteiger partial charge is 0.490 e. The Hall–Kier alpha value is -1.52. The molecule has 0 saturated carbocycles. The summed E-state index contributed by atoms with van der Waals surface area (Å²) in [6.45, 7) is 3.07. The molecule has 3 aliphatic rings. The molecular formula is C16H19NO3. The third-order valence-corrected chi connectivity index (χ3v) is 4.28. The summed E-state index contributed by atoms with van der Waals surface area (Å²) in [7, 11) is 0. The van der Waals surface area contributed by atoms with Crippen LogP contribution in [0.2, 0.25) is 0 Å². The monoisotopic (exact) mass is 273 g/mol. The Morgan fingerprint density at radius 3 is 2.80 bits per heavy atom. The first-order valence-electron chi connectivity index (χ1n) is 7.33. The smallest absolute Gasteiger partial charge is 0.172 e. The van der Waals surface area contributed by atoms with Gasteiger partial charge in [0.2, 0.25) is 0 Å². The molecule has 0 aromatic heterocycles. The lowest BCUT2D eigenvalue weighted by Gasteiger charge is -2.31. The number of fused-ring (bicyclic) bond motifs is 1. The normalized spacial score (nSPS) is 23.7. The van der Waals surface area contributed by atoms with E-state index in [2.05, 4.69) is 29.6 Å². The van der Waals surface area contributed by atoms with Gasteiger partial charge in [0.25, 0.3) is 0 Å². The molecule has 0 radical (unpaired) electrons. The number of ether oxygens (including phenoxy) is 3. The number of anilines is 1. The molecule has 106 valence electrons. The molecule has 0 bridgehead atoms. The summed E-state index contributed by atoms with van der Waals surface area (Å²) in [5, 5.41) is 3.35. The van der Waals surface area contributed by atoms with Gasteiger partial charge in [0.05, 0.1) is 18.9 Å². The van der Waals surface area contributed by atoms with E-state index in [0.29, 0.717) is 0 Å². The summed E-state index contributed by atoms with van der Waals surface area (Å²) < 4.78 is 17.2. The third kappa shape index (κ3) is 2.09. The molecule has 0 unspecified atom stereocenters. The molecule has 2 heterocycles. The van der Waals surface area contributed by atoms with Gasteiger partial charge in [0, 0.05) is 19.4 Å². The van der Waals surface area contributed by atoms with Crippen LogP contribution in [0.1, 0.15) is 24.8 Å². The average Bonchev–Trinajstić information content (AvgIpc) is 2.96. The summed E-state index contributed by atoms with van der Waals surface area (Å²) in [6.07, 6.45) is 5.03.